The first-order valence-corrected chi connectivity index (χ1v) is 7.82. The van der Waals surface area contributed by atoms with E-state index in [4.69, 9.17) is 4.74 Å². The van der Waals surface area contributed by atoms with Gasteiger partial charge in [-0.05, 0) is 47.9 Å². The van der Waals surface area contributed by atoms with Gasteiger partial charge in [0, 0.05) is 16.6 Å². The molecule has 1 aliphatic heterocycles. The molecule has 1 N–H and O–H groups in total. The molecule has 2 nitrogen and oxygen atoms in total. The van der Waals surface area contributed by atoms with Crippen LogP contribution in [-0.4, -0.2) is 12.6 Å². The molecule has 2 aromatic carbocycles. The van der Waals surface area contributed by atoms with Gasteiger partial charge in [-0.15, -0.1) is 0 Å². The van der Waals surface area contributed by atoms with E-state index in [1.54, 1.807) is 0 Å². The van der Waals surface area contributed by atoms with Crippen molar-refractivity contribution in [2.75, 3.05) is 11.9 Å². The van der Waals surface area contributed by atoms with Crippen LogP contribution < -0.4 is 10.1 Å². The molecular formula is C17H18BrNO. The third-order valence-corrected chi connectivity index (χ3v) is 4.13. The number of hydrogen-bond donors (Lipinski definition) is 1. The van der Waals surface area contributed by atoms with E-state index in [0.717, 1.165) is 29.6 Å². The van der Waals surface area contributed by atoms with Crippen LogP contribution in [0.4, 0.5) is 5.69 Å². The average Bonchev–Trinajstić information content (AvgIpc) is 2.87. The van der Waals surface area contributed by atoms with E-state index in [-0.39, 0.29) is 6.10 Å². The Hall–Kier alpha value is -1.48. The molecule has 0 amide bonds. The molecule has 0 bridgehead atoms. The number of aryl methyl sites for hydroxylation is 1. The van der Waals surface area contributed by atoms with E-state index in [2.05, 4.69) is 58.5 Å². The van der Waals surface area contributed by atoms with E-state index < -0.39 is 0 Å². The normalized spacial score (nSPS) is 16.6. The summed E-state index contributed by atoms with van der Waals surface area (Å²) >= 11 is 3.51. The Labute approximate surface area is 128 Å². The third kappa shape index (κ3) is 2.98. The molecule has 1 atom stereocenters. The van der Waals surface area contributed by atoms with Crippen LogP contribution in [0.5, 0.6) is 5.75 Å². The first kappa shape index (κ1) is 13.5. The van der Waals surface area contributed by atoms with Gasteiger partial charge in [-0.2, -0.15) is 0 Å². The number of fused-ring (bicyclic) bond motifs is 1. The third-order valence-electron chi connectivity index (χ3n) is 3.63. The second kappa shape index (κ2) is 5.88. The zero-order valence-electron chi connectivity index (χ0n) is 11.5. The Morgan fingerprint density at radius 3 is 3.00 bits per heavy atom. The fourth-order valence-corrected chi connectivity index (χ4v) is 2.94. The SMILES string of the molecule is CCc1cccc(NCC2Cc3cc(Br)ccc3O2)c1. The van der Waals surface area contributed by atoms with Crippen LogP contribution in [0.1, 0.15) is 18.1 Å². The summed E-state index contributed by atoms with van der Waals surface area (Å²) < 4.78 is 7.07. The number of hydrogen-bond acceptors (Lipinski definition) is 2. The van der Waals surface area contributed by atoms with Gasteiger partial charge >= 0.3 is 0 Å². The van der Waals surface area contributed by atoms with Crippen molar-refractivity contribution in [1.82, 2.24) is 0 Å². The van der Waals surface area contributed by atoms with Crippen LogP contribution in [0.25, 0.3) is 0 Å². The quantitative estimate of drug-likeness (QED) is 0.894. The van der Waals surface area contributed by atoms with E-state index in [1.165, 1.54) is 16.8 Å². The minimum atomic E-state index is 0.213. The molecule has 0 radical (unpaired) electrons. The summed E-state index contributed by atoms with van der Waals surface area (Å²) in [6.45, 7) is 3.01. The highest BCUT2D eigenvalue weighted by atomic mass is 79.9. The Morgan fingerprint density at radius 1 is 1.25 bits per heavy atom. The van der Waals surface area contributed by atoms with E-state index >= 15 is 0 Å². The highest BCUT2D eigenvalue weighted by Crippen LogP contribution is 2.31. The Kier molecular flexibility index (Phi) is 3.97. The molecule has 0 spiro atoms. The molecule has 0 saturated heterocycles. The number of halogens is 1. The maximum atomic E-state index is 5.96. The van der Waals surface area contributed by atoms with Gasteiger partial charge in [-0.25, -0.2) is 0 Å². The average molecular weight is 332 g/mol. The van der Waals surface area contributed by atoms with Crippen LogP contribution in [0.3, 0.4) is 0 Å². The monoisotopic (exact) mass is 331 g/mol. The fourth-order valence-electron chi connectivity index (χ4n) is 2.54. The molecule has 0 aliphatic carbocycles. The molecule has 0 fully saturated rings. The van der Waals surface area contributed by atoms with Gasteiger partial charge in [-0.3, -0.25) is 0 Å². The van der Waals surface area contributed by atoms with Crippen molar-refractivity contribution in [3.63, 3.8) is 0 Å². The van der Waals surface area contributed by atoms with Crippen molar-refractivity contribution in [1.29, 1.82) is 0 Å². The number of rotatable bonds is 4. The molecule has 3 heteroatoms. The lowest BCUT2D eigenvalue weighted by molar-refractivity contribution is 0.246. The van der Waals surface area contributed by atoms with Crippen molar-refractivity contribution < 1.29 is 4.74 Å². The van der Waals surface area contributed by atoms with Gasteiger partial charge in [0.15, 0.2) is 0 Å². The molecule has 1 heterocycles. The summed E-state index contributed by atoms with van der Waals surface area (Å²) in [5.74, 6) is 1.02. The van der Waals surface area contributed by atoms with Crippen LogP contribution >= 0.6 is 15.9 Å². The molecule has 3 rings (SSSR count). The molecule has 2 aromatic rings. The lowest BCUT2D eigenvalue weighted by atomic mass is 10.1. The molecule has 1 aliphatic rings. The smallest absolute Gasteiger partial charge is 0.123 e. The number of nitrogens with one attached hydrogen (secondary N) is 1. The van der Waals surface area contributed by atoms with Gasteiger partial charge in [0.05, 0.1) is 6.54 Å². The van der Waals surface area contributed by atoms with Gasteiger partial charge in [0.25, 0.3) is 0 Å². The molecule has 104 valence electrons. The molecule has 0 aromatic heterocycles. The predicted molar refractivity (Wildman–Crippen MR) is 86.6 cm³/mol. The summed E-state index contributed by atoms with van der Waals surface area (Å²) in [4.78, 5) is 0. The highest BCUT2D eigenvalue weighted by molar-refractivity contribution is 9.10. The summed E-state index contributed by atoms with van der Waals surface area (Å²) in [6.07, 6.45) is 2.24. The predicted octanol–water partition coefficient (Wildman–Crippen LogP) is 4.43. The maximum absolute atomic E-state index is 5.96. The van der Waals surface area contributed by atoms with Crippen molar-refractivity contribution >= 4 is 21.6 Å². The number of benzene rings is 2. The summed E-state index contributed by atoms with van der Waals surface area (Å²) in [7, 11) is 0. The standard InChI is InChI=1S/C17H18BrNO/c1-2-12-4-3-5-15(8-12)19-11-16-10-13-9-14(18)6-7-17(13)20-16/h3-9,16,19H,2,10-11H2,1H3. The van der Waals surface area contributed by atoms with Gasteiger partial charge < -0.3 is 10.1 Å². The summed E-state index contributed by atoms with van der Waals surface area (Å²) in [5, 5.41) is 3.47. The van der Waals surface area contributed by atoms with E-state index in [9.17, 15) is 0 Å². The Balaban J connectivity index is 1.60. The lowest BCUT2D eigenvalue weighted by Gasteiger charge is -2.13. The van der Waals surface area contributed by atoms with Gasteiger partial charge in [0.2, 0.25) is 0 Å². The second-order valence-corrected chi connectivity index (χ2v) is 6.05. The molecule has 0 saturated carbocycles. The van der Waals surface area contributed by atoms with Gasteiger partial charge in [-0.1, -0.05) is 35.0 Å². The van der Waals surface area contributed by atoms with E-state index in [1.807, 2.05) is 12.1 Å². The van der Waals surface area contributed by atoms with Crippen LogP contribution in [-0.2, 0) is 12.8 Å². The number of anilines is 1. The Bertz CT molecular complexity index is 612. The van der Waals surface area contributed by atoms with Crippen LogP contribution in [0.15, 0.2) is 46.9 Å². The van der Waals surface area contributed by atoms with E-state index in [0.29, 0.717) is 0 Å². The second-order valence-electron chi connectivity index (χ2n) is 5.13. The largest absolute Gasteiger partial charge is 0.488 e. The Morgan fingerprint density at radius 2 is 2.15 bits per heavy atom. The summed E-state index contributed by atoms with van der Waals surface area (Å²) in [6, 6.07) is 14.8. The topological polar surface area (TPSA) is 21.3 Å². The minimum Gasteiger partial charge on any atom is -0.488 e. The maximum Gasteiger partial charge on any atom is 0.123 e. The zero-order valence-corrected chi connectivity index (χ0v) is 13.1. The van der Waals surface area contributed by atoms with Crippen molar-refractivity contribution in [3.8, 4) is 5.75 Å². The molecular weight excluding hydrogens is 314 g/mol. The molecule has 1 unspecified atom stereocenters. The highest BCUT2D eigenvalue weighted by Gasteiger charge is 2.22. The van der Waals surface area contributed by atoms with Crippen molar-refractivity contribution in [2.24, 2.45) is 0 Å². The first-order valence-electron chi connectivity index (χ1n) is 7.02. The lowest BCUT2D eigenvalue weighted by Crippen LogP contribution is -2.23. The summed E-state index contributed by atoms with van der Waals surface area (Å²) in [5.41, 5.74) is 3.81. The fraction of sp³-hybridized carbons (Fsp3) is 0.294. The first-order chi connectivity index (χ1) is 9.74. The number of ether oxygens (including phenoxy) is 1. The molecule has 20 heavy (non-hydrogen) atoms. The minimum absolute atomic E-state index is 0.213. The van der Waals surface area contributed by atoms with Crippen molar-refractivity contribution in [2.45, 2.75) is 25.9 Å². The van der Waals surface area contributed by atoms with Crippen molar-refractivity contribution in [3.05, 3.63) is 58.1 Å². The zero-order chi connectivity index (χ0) is 13.9. The van der Waals surface area contributed by atoms with Crippen LogP contribution in [0, 0.1) is 0 Å². The van der Waals surface area contributed by atoms with Gasteiger partial charge in [0.1, 0.15) is 11.9 Å². The van der Waals surface area contributed by atoms with Crippen LogP contribution in [0.2, 0.25) is 0 Å².